The Morgan fingerprint density at radius 3 is 2.79 bits per heavy atom. The minimum Gasteiger partial charge on any atom is -0.383 e. The third kappa shape index (κ3) is 3.46. The summed E-state index contributed by atoms with van der Waals surface area (Å²) in [5, 5.41) is 1.12. The Bertz CT molecular complexity index is 403. The third-order valence-corrected chi connectivity index (χ3v) is 4.90. The van der Waals surface area contributed by atoms with E-state index in [0.29, 0.717) is 18.5 Å². The van der Waals surface area contributed by atoms with Gasteiger partial charge in [-0.05, 0) is 26.2 Å². The number of hydrogen-bond donors (Lipinski definition) is 1. The van der Waals surface area contributed by atoms with E-state index >= 15 is 0 Å². The molecule has 1 aromatic rings. The number of nitrogens with two attached hydrogens (primary N) is 1. The standard InChI is InChI=1S/C14H25N3OS/c1-4-10(2)17(7-8-18-3)14-16-13(11-5-6-11)12(9-15)19-14/h10-11H,4-9,15H2,1-3H3. The molecular weight excluding hydrogens is 258 g/mol. The van der Waals surface area contributed by atoms with Gasteiger partial charge in [-0.25, -0.2) is 4.98 Å². The van der Waals surface area contributed by atoms with Gasteiger partial charge in [0, 0.05) is 37.0 Å². The number of anilines is 1. The van der Waals surface area contributed by atoms with Crippen LogP contribution in [0.5, 0.6) is 0 Å². The van der Waals surface area contributed by atoms with Gasteiger partial charge >= 0.3 is 0 Å². The van der Waals surface area contributed by atoms with Crippen LogP contribution in [0.3, 0.4) is 0 Å². The number of rotatable bonds is 8. The van der Waals surface area contributed by atoms with Gasteiger partial charge in [0.15, 0.2) is 5.13 Å². The summed E-state index contributed by atoms with van der Waals surface area (Å²) in [6.07, 6.45) is 3.66. The zero-order valence-corrected chi connectivity index (χ0v) is 13.0. The molecule has 0 spiro atoms. The van der Waals surface area contributed by atoms with Gasteiger partial charge in [0.25, 0.3) is 0 Å². The van der Waals surface area contributed by atoms with Crippen molar-refractivity contribution in [3.8, 4) is 0 Å². The summed E-state index contributed by atoms with van der Waals surface area (Å²) < 4.78 is 5.22. The van der Waals surface area contributed by atoms with E-state index in [4.69, 9.17) is 15.5 Å². The predicted octanol–water partition coefficient (Wildman–Crippen LogP) is 2.73. The van der Waals surface area contributed by atoms with Gasteiger partial charge < -0.3 is 15.4 Å². The fourth-order valence-electron chi connectivity index (χ4n) is 2.21. The highest BCUT2D eigenvalue weighted by Gasteiger charge is 2.30. The van der Waals surface area contributed by atoms with Crippen LogP contribution in [0, 0.1) is 0 Å². The van der Waals surface area contributed by atoms with Crippen molar-refractivity contribution in [2.45, 2.75) is 51.6 Å². The molecule has 1 aliphatic carbocycles. The van der Waals surface area contributed by atoms with E-state index in [0.717, 1.165) is 24.7 Å². The molecule has 1 fully saturated rings. The molecule has 1 atom stereocenters. The second-order valence-corrected chi connectivity index (χ2v) is 6.29. The van der Waals surface area contributed by atoms with Crippen molar-refractivity contribution in [3.05, 3.63) is 10.6 Å². The molecule has 0 aliphatic heterocycles. The van der Waals surface area contributed by atoms with Gasteiger partial charge in [-0.1, -0.05) is 6.92 Å². The molecule has 4 nitrogen and oxygen atoms in total. The van der Waals surface area contributed by atoms with Crippen LogP contribution >= 0.6 is 11.3 Å². The van der Waals surface area contributed by atoms with Crippen LogP contribution in [0.4, 0.5) is 5.13 Å². The highest BCUT2D eigenvalue weighted by atomic mass is 32.1. The number of aromatic nitrogens is 1. The van der Waals surface area contributed by atoms with Crippen molar-refractivity contribution >= 4 is 16.5 Å². The van der Waals surface area contributed by atoms with Gasteiger partial charge in [0.2, 0.25) is 0 Å². The molecular formula is C14H25N3OS. The minimum absolute atomic E-state index is 0.485. The lowest BCUT2D eigenvalue weighted by molar-refractivity contribution is 0.203. The zero-order valence-electron chi connectivity index (χ0n) is 12.2. The van der Waals surface area contributed by atoms with Crippen LogP contribution in [-0.4, -0.2) is 31.3 Å². The van der Waals surface area contributed by atoms with E-state index in [1.54, 1.807) is 18.4 Å². The molecule has 5 heteroatoms. The van der Waals surface area contributed by atoms with Gasteiger partial charge in [-0.2, -0.15) is 0 Å². The average molecular weight is 283 g/mol. The molecule has 1 unspecified atom stereocenters. The SMILES string of the molecule is CCC(C)N(CCOC)c1nc(C2CC2)c(CN)s1. The monoisotopic (exact) mass is 283 g/mol. The number of methoxy groups -OCH3 is 1. The topological polar surface area (TPSA) is 51.4 Å². The summed E-state index contributed by atoms with van der Waals surface area (Å²) in [5.74, 6) is 0.671. The van der Waals surface area contributed by atoms with Gasteiger partial charge in [0.05, 0.1) is 12.3 Å². The molecule has 1 saturated carbocycles. The quantitative estimate of drug-likeness (QED) is 0.797. The molecule has 0 bridgehead atoms. The fraction of sp³-hybridized carbons (Fsp3) is 0.786. The number of hydrogen-bond acceptors (Lipinski definition) is 5. The lowest BCUT2D eigenvalue weighted by Gasteiger charge is -2.27. The van der Waals surface area contributed by atoms with E-state index < -0.39 is 0 Å². The van der Waals surface area contributed by atoms with E-state index in [1.165, 1.54) is 23.4 Å². The zero-order chi connectivity index (χ0) is 13.8. The van der Waals surface area contributed by atoms with E-state index in [9.17, 15) is 0 Å². The second-order valence-electron chi connectivity index (χ2n) is 5.23. The Morgan fingerprint density at radius 2 is 2.26 bits per heavy atom. The highest BCUT2D eigenvalue weighted by Crippen LogP contribution is 2.44. The van der Waals surface area contributed by atoms with Gasteiger partial charge in [-0.15, -0.1) is 11.3 Å². The summed E-state index contributed by atoms with van der Waals surface area (Å²) in [6, 6.07) is 0.485. The lowest BCUT2D eigenvalue weighted by Crippen LogP contribution is -2.35. The van der Waals surface area contributed by atoms with Crippen molar-refractivity contribution in [3.63, 3.8) is 0 Å². The maximum atomic E-state index is 5.87. The first kappa shape index (κ1) is 14.8. The molecule has 19 heavy (non-hydrogen) atoms. The summed E-state index contributed by atoms with van der Waals surface area (Å²) >= 11 is 1.76. The average Bonchev–Trinajstić information content (AvgIpc) is 3.19. The molecule has 0 aromatic carbocycles. The molecule has 0 radical (unpaired) electrons. The van der Waals surface area contributed by atoms with E-state index in [1.807, 2.05) is 0 Å². The molecule has 1 aliphatic rings. The smallest absolute Gasteiger partial charge is 0.186 e. The molecule has 2 N–H and O–H groups in total. The number of ether oxygens (including phenoxy) is 1. The fourth-order valence-corrected chi connectivity index (χ4v) is 3.36. The summed E-state index contributed by atoms with van der Waals surface area (Å²) in [5.41, 5.74) is 7.12. The lowest BCUT2D eigenvalue weighted by atomic mass is 10.2. The van der Waals surface area contributed by atoms with Crippen molar-refractivity contribution in [2.24, 2.45) is 5.73 Å². The second kappa shape index (κ2) is 6.68. The summed E-state index contributed by atoms with van der Waals surface area (Å²) in [4.78, 5) is 8.50. The molecule has 2 rings (SSSR count). The summed E-state index contributed by atoms with van der Waals surface area (Å²) in [6.45, 7) is 6.70. The Hall–Kier alpha value is -0.650. The molecule has 0 saturated heterocycles. The van der Waals surface area contributed by atoms with Crippen molar-refractivity contribution in [1.82, 2.24) is 4.98 Å². The minimum atomic E-state index is 0.485. The largest absolute Gasteiger partial charge is 0.383 e. The number of nitrogens with zero attached hydrogens (tertiary/aromatic N) is 2. The first-order valence-electron chi connectivity index (χ1n) is 7.16. The third-order valence-electron chi connectivity index (χ3n) is 3.77. The van der Waals surface area contributed by atoms with Crippen LogP contribution in [0.2, 0.25) is 0 Å². The number of thiazole rings is 1. The van der Waals surface area contributed by atoms with E-state index in [-0.39, 0.29) is 0 Å². The Morgan fingerprint density at radius 1 is 1.53 bits per heavy atom. The van der Waals surface area contributed by atoms with Crippen molar-refractivity contribution < 1.29 is 4.74 Å². The summed E-state index contributed by atoms with van der Waals surface area (Å²) in [7, 11) is 1.75. The Kier molecular flexibility index (Phi) is 5.19. The predicted molar refractivity (Wildman–Crippen MR) is 81.0 cm³/mol. The molecule has 0 amide bonds. The van der Waals surface area contributed by atoms with Crippen molar-refractivity contribution in [2.75, 3.05) is 25.2 Å². The van der Waals surface area contributed by atoms with Crippen LogP contribution in [0.25, 0.3) is 0 Å². The van der Waals surface area contributed by atoms with Gasteiger partial charge in [-0.3, -0.25) is 0 Å². The molecule has 1 aromatic heterocycles. The first-order valence-corrected chi connectivity index (χ1v) is 7.98. The van der Waals surface area contributed by atoms with E-state index in [2.05, 4.69) is 18.7 Å². The van der Waals surface area contributed by atoms with Crippen LogP contribution in [0.15, 0.2) is 0 Å². The van der Waals surface area contributed by atoms with Crippen LogP contribution < -0.4 is 10.6 Å². The molecule has 108 valence electrons. The van der Waals surface area contributed by atoms with Crippen LogP contribution in [-0.2, 0) is 11.3 Å². The van der Waals surface area contributed by atoms with Crippen LogP contribution in [0.1, 0.15) is 49.6 Å². The normalized spacial score (nSPS) is 16.6. The van der Waals surface area contributed by atoms with Crippen molar-refractivity contribution in [1.29, 1.82) is 0 Å². The Balaban J connectivity index is 2.19. The molecule has 1 heterocycles. The maximum absolute atomic E-state index is 5.87. The highest BCUT2D eigenvalue weighted by molar-refractivity contribution is 7.15. The first-order chi connectivity index (χ1) is 9.21. The maximum Gasteiger partial charge on any atom is 0.186 e. The Labute approximate surface area is 120 Å². The van der Waals surface area contributed by atoms with Gasteiger partial charge in [0.1, 0.15) is 0 Å².